The number of piperidine rings is 1. The first-order valence-electron chi connectivity index (χ1n) is 6.92. The van der Waals surface area contributed by atoms with Crippen molar-refractivity contribution < 1.29 is 9.90 Å². The molecule has 6 nitrogen and oxygen atoms in total. The Morgan fingerprint density at radius 2 is 2.37 bits per heavy atom. The van der Waals surface area contributed by atoms with Crippen molar-refractivity contribution in [2.75, 3.05) is 18.9 Å². The van der Waals surface area contributed by atoms with Gasteiger partial charge in [-0.05, 0) is 32.6 Å². The number of aryl methyl sites for hydroxylation is 1. The van der Waals surface area contributed by atoms with Gasteiger partial charge in [-0.1, -0.05) is 0 Å². The van der Waals surface area contributed by atoms with E-state index < -0.39 is 0 Å². The molecule has 1 aliphatic heterocycles. The Labute approximate surface area is 113 Å². The molecule has 0 radical (unpaired) electrons. The Bertz CT molecular complexity index is 442. The van der Waals surface area contributed by atoms with E-state index in [0.717, 1.165) is 25.8 Å². The molecular formula is C13H22N4O2. The van der Waals surface area contributed by atoms with E-state index in [-0.39, 0.29) is 18.6 Å². The van der Waals surface area contributed by atoms with Crippen LogP contribution in [0.4, 0.5) is 5.69 Å². The molecule has 19 heavy (non-hydrogen) atoms. The smallest absolute Gasteiger partial charge is 0.274 e. The second-order valence-corrected chi connectivity index (χ2v) is 4.92. The van der Waals surface area contributed by atoms with Crippen LogP contribution in [0, 0.1) is 0 Å². The molecule has 1 fully saturated rings. The van der Waals surface area contributed by atoms with Crippen LogP contribution in [0.2, 0.25) is 0 Å². The fraction of sp³-hybridized carbons (Fsp3) is 0.692. The lowest BCUT2D eigenvalue weighted by atomic mass is 9.99. The number of likely N-dealkylation sites (tertiary alicyclic amines) is 1. The third kappa shape index (κ3) is 2.73. The Balaban J connectivity index is 2.23. The molecule has 3 N–H and O–H groups in total. The lowest BCUT2D eigenvalue weighted by Gasteiger charge is -2.35. The summed E-state index contributed by atoms with van der Waals surface area (Å²) in [5.74, 6) is -0.0602. The zero-order chi connectivity index (χ0) is 13.8. The second-order valence-electron chi connectivity index (χ2n) is 4.92. The highest BCUT2D eigenvalue weighted by molar-refractivity contribution is 5.97. The van der Waals surface area contributed by atoms with E-state index >= 15 is 0 Å². The zero-order valence-electron chi connectivity index (χ0n) is 11.4. The number of nitrogen functional groups attached to an aromatic ring is 1. The Kier molecular flexibility index (Phi) is 4.42. The van der Waals surface area contributed by atoms with Gasteiger partial charge in [-0.2, -0.15) is 5.10 Å². The molecule has 1 aromatic heterocycles. The Hall–Kier alpha value is -1.56. The van der Waals surface area contributed by atoms with Gasteiger partial charge in [0, 0.05) is 25.7 Å². The minimum atomic E-state index is -0.0602. The molecule has 1 saturated heterocycles. The number of rotatable bonds is 4. The summed E-state index contributed by atoms with van der Waals surface area (Å²) >= 11 is 0. The van der Waals surface area contributed by atoms with Gasteiger partial charge in [0.15, 0.2) is 0 Å². The minimum Gasteiger partial charge on any atom is -0.396 e. The highest BCUT2D eigenvalue weighted by Gasteiger charge is 2.30. The van der Waals surface area contributed by atoms with Gasteiger partial charge in [0.2, 0.25) is 0 Å². The predicted molar refractivity (Wildman–Crippen MR) is 72.7 cm³/mol. The molecule has 2 heterocycles. The van der Waals surface area contributed by atoms with Crippen LogP contribution >= 0.6 is 0 Å². The van der Waals surface area contributed by atoms with Gasteiger partial charge < -0.3 is 15.7 Å². The number of carbonyl (C=O) groups is 1. The Morgan fingerprint density at radius 3 is 3.05 bits per heavy atom. The number of aromatic nitrogens is 2. The van der Waals surface area contributed by atoms with Gasteiger partial charge in [-0.15, -0.1) is 0 Å². The summed E-state index contributed by atoms with van der Waals surface area (Å²) in [5, 5.41) is 13.2. The van der Waals surface area contributed by atoms with E-state index in [2.05, 4.69) is 5.10 Å². The van der Waals surface area contributed by atoms with Gasteiger partial charge >= 0.3 is 0 Å². The van der Waals surface area contributed by atoms with Crippen LogP contribution in [-0.2, 0) is 6.54 Å². The average Bonchev–Trinajstić information content (AvgIpc) is 2.80. The molecule has 0 saturated carbocycles. The summed E-state index contributed by atoms with van der Waals surface area (Å²) in [5.41, 5.74) is 6.77. The number of carbonyl (C=O) groups excluding carboxylic acids is 1. The average molecular weight is 266 g/mol. The molecule has 0 aromatic carbocycles. The van der Waals surface area contributed by atoms with Crippen molar-refractivity contribution in [3.63, 3.8) is 0 Å². The van der Waals surface area contributed by atoms with Crippen molar-refractivity contribution in [3.8, 4) is 0 Å². The first-order valence-corrected chi connectivity index (χ1v) is 6.92. The van der Waals surface area contributed by atoms with E-state index in [0.29, 0.717) is 24.3 Å². The van der Waals surface area contributed by atoms with Gasteiger partial charge in [0.1, 0.15) is 5.69 Å². The van der Waals surface area contributed by atoms with E-state index in [1.807, 2.05) is 11.8 Å². The number of hydrogen-bond donors (Lipinski definition) is 2. The van der Waals surface area contributed by atoms with E-state index in [9.17, 15) is 4.79 Å². The first-order chi connectivity index (χ1) is 9.19. The number of aliphatic hydroxyl groups is 1. The van der Waals surface area contributed by atoms with Crippen LogP contribution in [0.1, 0.15) is 43.1 Å². The monoisotopic (exact) mass is 266 g/mol. The molecule has 1 amide bonds. The van der Waals surface area contributed by atoms with E-state index in [1.54, 1.807) is 4.68 Å². The van der Waals surface area contributed by atoms with Crippen molar-refractivity contribution in [1.82, 2.24) is 14.7 Å². The molecule has 1 aromatic rings. The van der Waals surface area contributed by atoms with Gasteiger partial charge in [0.25, 0.3) is 5.91 Å². The van der Waals surface area contributed by atoms with Crippen molar-refractivity contribution in [3.05, 3.63) is 11.9 Å². The fourth-order valence-corrected chi connectivity index (χ4v) is 2.73. The van der Waals surface area contributed by atoms with Crippen LogP contribution in [-0.4, -0.2) is 44.9 Å². The van der Waals surface area contributed by atoms with Crippen LogP contribution < -0.4 is 5.73 Å². The normalized spacial score (nSPS) is 19.7. The van der Waals surface area contributed by atoms with E-state index in [1.165, 1.54) is 6.20 Å². The summed E-state index contributed by atoms with van der Waals surface area (Å²) in [4.78, 5) is 14.5. The molecule has 0 spiro atoms. The third-order valence-electron chi connectivity index (χ3n) is 3.72. The van der Waals surface area contributed by atoms with Gasteiger partial charge in [0.05, 0.1) is 11.9 Å². The molecule has 1 unspecified atom stereocenters. The third-order valence-corrected chi connectivity index (χ3v) is 3.72. The summed E-state index contributed by atoms with van der Waals surface area (Å²) in [6.45, 7) is 3.40. The number of hydrogen-bond acceptors (Lipinski definition) is 4. The number of amides is 1. The minimum absolute atomic E-state index is 0.0602. The largest absolute Gasteiger partial charge is 0.396 e. The molecule has 1 atom stereocenters. The number of anilines is 1. The summed E-state index contributed by atoms with van der Waals surface area (Å²) in [7, 11) is 0. The van der Waals surface area contributed by atoms with Crippen LogP contribution in [0.3, 0.4) is 0 Å². The van der Waals surface area contributed by atoms with Crippen molar-refractivity contribution in [1.29, 1.82) is 0 Å². The predicted octanol–water partition coefficient (Wildman–Crippen LogP) is 0.862. The second kappa shape index (κ2) is 6.06. The SMILES string of the molecule is CCn1ncc(N)c1C(=O)N1CCCCC1CCO. The molecular weight excluding hydrogens is 244 g/mol. The maximum absolute atomic E-state index is 12.7. The van der Waals surface area contributed by atoms with Crippen LogP contribution in [0.5, 0.6) is 0 Å². The lowest BCUT2D eigenvalue weighted by molar-refractivity contribution is 0.0563. The van der Waals surface area contributed by atoms with Crippen molar-refractivity contribution in [2.24, 2.45) is 0 Å². The standard InChI is InChI=1S/C13H22N4O2/c1-2-17-12(11(14)9-15-17)13(19)16-7-4-3-5-10(16)6-8-18/h9-10,18H,2-8,14H2,1H3. The number of aliphatic hydroxyl groups excluding tert-OH is 1. The number of nitrogens with two attached hydrogens (primary N) is 1. The molecule has 106 valence electrons. The first kappa shape index (κ1) is 13.9. The molecule has 0 aliphatic carbocycles. The highest BCUT2D eigenvalue weighted by Crippen LogP contribution is 2.23. The summed E-state index contributed by atoms with van der Waals surface area (Å²) in [6, 6.07) is 0.117. The fourth-order valence-electron chi connectivity index (χ4n) is 2.73. The summed E-state index contributed by atoms with van der Waals surface area (Å²) in [6.07, 6.45) is 5.23. The van der Waals surface area contributed by atoms with Crippen molar-refractivity contribution >= 4 is 11.6 Å². The highest BCUT2D eigenvalue weighted by atomic mass is 16.3. The number of nitrogens with zero attached hydrogens (tertiary/aromatic N) is 3. The summed E-state index contributed by atoms with van der Waals surface area (Å²) < 4.78 is 1.64. The van der Waals surface area contributed by atoms with Gasteiger partial charge in [-0.3, -0.25) is 9.48 Å². The molecule has 2 rings (SSSR count). The molecule has 1 aliphatic rings. The topological polar surface area (TPSA) is 84.4 Å². The maximum atomic E-state index is 12.7. The van der Waals surface area contributed by atoms with Gasteiger partial charge in [-0.25, -0.2) is 0 Å². The zero-order valence-corrected chi connectivity index (χ0v) is 11.4. The quantitative estimate of drug-likeness (QED) is 0.846. The lowest BCUT2D eigenvalue weighted by Crippen LogP contribution is -2.45. The van der Waals surface area contributed by atoms with Crippen molar-refractivity contribution in [2.45, 2.75) is 45.2 Å². The Morgan fingerprint density at radius 1 is 1.58 bits per heavy atom. The maximum Gasteiger partial charge on any atom is 0.274 e. The van der Waals surface area contributed by atoms with E-state index in [4.69, 9.17) is 10.8 Å². The molecule has 6 heteroatoms. The van der Waals surface area contributed by atoms with Crippen LogP contribution in [0.15, 0.2) is 6.20 Å². The molecule has 0 bridgehead atoms. The van der Waals surface area contributed by atoms with Crippen LogP contribution in [0.25, 0.3) is 0 Å².